The van der Waals surface area contributed by atoms with Crippen LogP contribution in [-0.4, -0.2) is 115 Å². The molecule has 5 amide bonds. The number of aromatic hydroxyl groups is 1. The normalized spacial score (nSPS) is 12.4. The van der Waals surface area contributed by atoms with E-state index in [2.05, 4.69) is 26.6 Å². The number of aliphatic carboxylic acids is 4. The number of hydrogen-bond acceptors (Lipinski definition) is 12. The second kappa shape index (κ2) is 27.6. The van der Waals surface area contributed by atoms with Crippen molar-refractivity contribution in [3.63, 3.8) is 0 Å². The van der Waals surface area contributed by atoms with E-state index < -0.39 is 78.7 Å². The van der Waals surface area contributed by atoms with E-state index in [0.717, 1.165) is 0 Å². The number of benzene rings is 5. The Morgan fingerprint density at radius 2 is 1.01 bits per heavy atom. The monoisotopic (exact) mass is 1080 g/mol. The van der Waals surface area contributed by atoms with Crippen LogP contribution in [0.4, 0.5) is 4.79 Å². The van der Waals surface area contributed by atoms with Gasteiger partial charge < -0.3 is 61.6 Å². The molecule has 2 unspecified atom stereocenters. The summed E-state index contributed by atoms with van der Waals surface area (Å²) >= 11 is 0. The largest absolute Gasteiger partial charge is 0.508 e. The topological polar surface area (TPSA) is 365 Å². The molecular formula is C56H61N5O17. The second-order valence-corrected chi connectivity index (χ2v) is 18.9. The summed E-state index contributed by atoms with van der Waals surface area (Å²) in [5.74, 6) is -7.59. The number of hydrogen-bond donors (Lipinski definition) is 11. The highest BCUT2D eigenvalue weighted by atomic mass is 16.4. The van der Waals surface area contributed by atoms with E-state index in [1.807, 2.05) is 0 Å². The van der Waals surface area contributed by atoms with Gasteiger partial charge in [0.05, 0.1) is 12.0 Å². The van der Waals surface area contributed by atoms with E-state index >= 15 is 0 Å². The number of fused-ring (bicyclic) bond motifs is 6. The number of carboxylic acid groups (broad SMARTS) is 5. The molecule has 78 heavy (non-hydrogen) atoms. The van der Waals surface area contributed by atoms with Crippen LogP contribution in [0.25, 0.3) is 54.6 Å². The Balaban J connectivity index is 0.929. The molecule has 6 rings (SSSR count). The molecule has 11 N–H and O–H groups in total. The zero-order valence-electron chi connectivity index (χ0n) is 42.4. The van der Waals surface area contributed by atoms with Gasteiger partial charge in [0.15, 0.2) is 5.43 Å². The predicted octanol–water partition coefficient (Wildman–Crippen LogP) is 6.42. The Labute approximate surface area is 445 Å². The van der Waals surface area contributed by atoms with Crippen LogP contribution >= 0.6 is 0 Å². The highest BCUT2D eigenvalue weighted by Crippen LogP contribution is 2.44. The Bertz CT molecular complexity index is 3320. The minimum Gasteiger partial charge on any atom is -0.508 e. The third kappa shape index (κ3) is 16.0. The zero-order chi connectivity index (χ0) is 56.5. The van der Waals surface area contributed by atoms with E-state index in [-0.39, 0.29) is 67.8 Å². The summed E-state index contributed by atoms with van der Waals surface area (Å²) in [6.45, 7) is 0.404. The quantitative estimate of drug-likeness (QED) is 0.0132. The van der Waals surface area contributed by atoms with Crippen molar-refractivity contribution in [3.05, 3.63) is 100 Å². The molecule has 0 aliphatic carbocycles. The van der Waals surface area contributed by atoms with Gasteiger partial charge in [-0.1, -0.05) is 37.1 Å². The molecule has 0 saturated carbocycles. The second-order valence-electron chi connectivity index (χ2n) is 18.9. The average molecular weight is 1080 g/mol. The average Bonchev–Trinajstić information content (AvgIpc) is 3.45. The number of carbonyl (C=O) groups excluding carboxylic acids is 4. The number of rotatable bonds is 30. The third-order valence-corrected chi connectivity index (χ3v) is 13.1. The summed E-state index contributed by atoms with van der Waals surface area (Å²) in [6, 6.07) is 16.0. The van der Waals surface area contributed by atoms with E-state index in [4.69, 9.17) is 9.52 Å². The van der Waals surface area contributed by atoms with Gasteiger partial charge >= 0.3 is 35.9 Å². The van der Waals surface area contributed by atoms with Crippen LogP contribution in [0.1, 0.15) is 106 Å². The van der Waals surface area contributed by atoms with E-state index in [1.54, 1.807) is 54.6 Å². The molecule has 3 atom stereocenters. The molecule has 0 bridgehead atoms. The van der Waals surface area contributed by atoms with Crippen LogP contribution in [0.3, 0.4) is 0 Å². The summed E-state index contributed by atoms with van der Waals surface area (Å²) in [5.41, 5.74) is 1.72. The summed E-state index contributed by atoms with van der Waals surface area (Å²) in [5, 5.41) is 74.1. The number of phenolic OH excluding ortho intramolecular Hbond substituents is 1. The van der Waals surface area contributed by atoms with Gasteiger partial charge in [-0.3, -0.25) is 24.0 Å². The Hall–Kier alpha value is -9.08. The van der Waals surface area contributed by atoms with Gasteiger partial charge in [-0.15, -0.1) is 0 Å². The minimum atomic E-state index is -1.53. The number of carbonyl (C=O) groups is 9. The molecule has 1 aromatic heterocycles. The van der Waals surface area contributed by atoms with Gasteiger partial charge in [-0.2, -0.15) is 0 Å². The molecule has 0 spiro atoms. The molecular weight excluding hydrogens is 1010 g/mol. The first kappa shape index (κ1) is 58.2. The highest BCUT2D eigenvalue weighted by molar-refractivity contribution is 6.21. The van der Waals surface area contributed by atoms with Crippen molar-refractivity contribution < 1.29 is 78.2 Å². The standard InChI is InChI=1S/C56H61N5O17/c62-34-18-22-36-31(28-34)16-20-38-49(39-21-17-32-29-35(63)19-23-37(32)51(39)78-50(36)38)48-33(10-9-11-40(48)52(69)70)30-46(66)58-27-8-5-12-41(53(71)72)59-45(65)15-4-2-1-3-14-44(64)57-26-7-6-13-42(54(73)74)60-56(77)61-43(55(75)76)24-25-47(67)68/h9-11,16-23,28-29,41-43,62H,1-8,12-15,24-27,30H2,(H,57,64)(H,58,66)(H,59,65)(H,67,68)(H,69,70)(H,71,72)(H,73,74)(H,75,76)(H2,60,61,77)/t41?,42-,43?/m0/s1. The lowest BCUT2D eigenvalue weighted by Gasteiger charge is -2.19. The molecule has 5 aromatic carbocycles. The fourth-order valence-electron chi connectivity index (χ4n) is 9.23. The number of unbranched alkanes of at least 4 members (excludes halogenated alkanes) is 5. The molecule has 22 heteroatoms. The maximum Gasteiger partial charge on any atom is 0.336 e. The lowest BCUT2D eigenvalue weighted by molar-refractivity contribution is -0.142. The molecule has 0 aliphatic rings. The molecule has 0 saturated heterocycles. The predicted molar refractivity (Wildman–Crippen MR) is 285 cm³/mol. The Kier molecular flexibility index (Phi) is 20.6. The van der Waals surface area contributed by atoms with E-state index in [9.17, 15) is 73.5 Å². The maximum absolute atomic E-state index is 13.6. The zero-order valence-corrected chi connectivity index (χ0v) is 42.4. The molecule has 412 valence electrons. The molecule has 1 heterocycles. The van der Waals surface area contributed by atoms with Crippen LogP contribution in [-0.2, 0) is 40.0 Å². The first-order valence-electron chi connectivity index (χ1n) is 25.5. The van der Waals surface area contributed by atoms with Crippen molar-refractivity contribution in [2.24, 2.45) is 0 Å². The van der Waals surface area contributed by atoms with Gasteiger partial charge in [-0.25, -0.2) is 24.0 Å². The van der Waals surface area contributed by atoms with Gasteiger partial charge in [-0.05, 0) is 129 Å². The minimum absolute atomic E-state index is 0.0182. The van der Waals surface area contributed by atoms with Crippen molar-refractivity contribution in [2.45, 2.75) is 114 Å². The number of nitrogens with one attached hydrogen (secondary N) is 5. The number of carboxylic acids is 5. The lowest BCUT2D eigenvalue weighted by atomic mass is 9.87. The van der Waals surface area contributed by atoms with Crippen LogP contribution in [0.2, 0.25) is 0 Å². The number of amides is 5. The summed E-state index contributed by atoms with van der Waals surface area (Å²) in [7, 11) is 0. The van der Waals surface area contributed by atoms with Crippen LogP contribution in [0.5, 0.6) is 5.75 Å². The number of phenols is 1. The van der Waals surface area contributed by atoms with Gasteiger partial charge in [0.1, 0.15) is 35.0 Å². The van der Waals surface area contributed by atoms with Crippen molar-refractivity contribution in [2.75, 3.05) is 13.1 Å². The third-order valence-electron chi connectivity index (χ3n) is 13.1. The number of aromatic carboxylic acids is 1. The van der Waals surface area contributed by atoms with E-state index in [1.165, 1.54) is 24.3 Å². The summed E-state index contributed by atoms with van der Waals surface area (Å²) in [4.78, 5) is 122. The fourth-order valence-corrected chi connectivity index (χ4v) is 9.23. The molecule has 0 aliphatic heterocycles. The highest BCUT2D eigenvalue weighted by Gasteiger charge is 2.27. The fraction of sp³-hybridized carbons (Fsp3) is 0.357. The van der Waals surface area contributed by atoms with Gasteiger partial charge in [0.2, 0.25) is 17.7 Å². The molecule has 6 aromatic rings. The molecule has 22 nitrogen and oxygen atoms in total. The van der Waals surface area contributed by atoms with Crippen LogP contribution < -0.4 is 32.0 Å². The first-order chi connectivity index (χ1) is 37.3. The number of urea groups is 1. The van der Waals surface area contributed by atoms with Crippen molar-refractivity contribution in [1.29, 1.82) is 0 Å². The lowest BCUT2D eigenvalue weighted by Crippen LogP contribution is -2.51. The van der Waals surface area contributed by atoms with Crippen molar-refractivity contribution >= 4 is 97.1 Å². The van der Waals surface area contributed by atoms with Gasteiger partial charge in [0, 0.05) is 65.0 Å². The summed E-state index contributed by atoms with van der Waals surface area (Å²) < 4.78 is 6.63. The van der Waals surface area contributed by atoms with Crippen molar-refractivity contribution in [3.8, 4) is 16.9 Å². The van der Waals surface area contributed by atoms with Crippen LogP contribution in [0.15, 0.2) is 88.1 Å². The Morgan fingerprint density at radius 1 is 0.487 bits per heavy atom. The van der Waals surface area contributed by atoms with Crippen molar-refractivity contribution in [1.82, 2.24) is 26.6 Å². The Morgan fingerprint density at radius 3 is 1.59 bits per heavy atom. The smallest absolute Gasteiger partial charge is 0.336 e. The van der Waals surface area contributed by atoms with E-state index in [0.29, 0.717) is 112 Å². The first-order valence-corrected chi connectivity index (χ1v) is 25.5. The SMILES string of the molecule is O=C(O)CCC(NC(=O)N[C@@H](CCCCNC(=O)CCCCCCC(=O)NC(CCCCNC(=O)Cc1cccc(C(=O)O)c1-c1c2ccc3cc(O)ccc3c2oc2c1ccc1cc(=O)ccc12)C(=O)O)C(=O)O)C(=O)O. The van der Waals surface area contributed by atoms with Crippen LogP contribution in [0, 0.1) is 0 Å². The maximum atomic E-state index is 13.6. The molecule has 0 fully saturated rings. The van der Waals surface area contributed by atoms with Gasteiger partial charge in [0.25, 0.3) is 0 Å². The summed E-state index contributed by atoms with van der Waals surface area (Å²) in [6.07, 6.45) is 2.81. The molecule has 0 radical (unpaired) electrons.